The Balaban J connectivity index is 0.00000312. The van der Waals surface area contributed by atoms with Gasteiger partial charge in [0.15, 0.2) is 11.6 Å². The third kappa shape index (κ3) is 6.01. The van der Waals surface area contributed by atoms with Gasteiger partial charge in [0.2, 0.25) is 5.91 Å². The molecule has 0 saturated heterocycles. The van der Waals surface area contributed by atoms with Crippen LogP contribution in [-0.4, -0.2) is 25.7 Å². The van der Waals surface area contributed by atoms with Gasteiger partial charge in [-0.3, -0.25) is 4.79 Å². The largest absolute Gasteiger partial charge is 0.454 e. The molecule has 0 saturated carbocycles. The average Bonchev–Trinajstić information content (AvgIpc) is 2.57. The fourth-order valence-corrected chi connectivity index (χ4v) is 2.14. The van der Waals surface area contributed by atoms with Gasteiger partial charge in [-0.05, 0) is 36.8 Å². The lowest BCUT2D eigenvalue weighted by molar-refractivity contribution is -0.124. The summed E-state index contributed by atoms with van der Waals surface area (Å²) in [6.07, 6.45) is 0. The lowest BCUT2D eigenvalue weighted by Gasteiger charge is -2.18. The van der Waals surface area contributed by atoms with Crippen LogP contribution >= 0.6 is 12.4 Å². The number of carbonyl (C=O) groups is 1. The molecule has 2 unspecified atom stereocenters. The van der Waals surface area contributed by atoms with E-state index in [-0.39, 0.29) is 36.7 Å². The van der Waals surface area contributed by atoms with E-state index >= 15 is 0 Å². The molecule has 2 atom stereocenters. The molecule has 136 valence electrons. The number of nitrogens with one attached hydrogen (secondary N) is 1. The van der Waals surface area contributed by atoms with Crippen molar-refractivity contribution in [1.29, 1.82) is 0 Å². The molecule has 0 spiro atoms. The Kier molecular flexibility index (Phi) is 8.34. The maximum atomic E-state index is 14.2. The van der Waals surface area contributed by atoms with Gasteiger partial charge in [0.25, 0.3) is 0 Å². The van der Waals surface area contributed by atoms with E-state index < -0.39 is 11.9 Å². The minimum Gasteiger partial charge on any atom is -0.454 e. The molecule has 25 heavy (non-hydrogen) atoms. The quantitative estimate of drug-likeness (QED) is 0.787. The van der Waals surface area contributed by atoms with Crippen molar-refractivity contribution < 1.29 is 18.7 Å². The monoisotopic (exact) mass is 368 g/mol. The zero-order valence-corrected chi connectivity index (χ0v) is 14.9. The second-order valence-corrected chi connectivity index (χ2v) is 5.40. The van der Waals surface area contributed by atoms with Crippen LogP contribution in [0.25, 0.3) is 0 Å². The minimum atomic E-state index is -0.761. The second kappa shape index (κ2) is 9.98. The summed E-state index contributed by atoms with van der Waals surface area (Å²) in [5, 5.41) is 2.73. The van der Waals surface area contributed by atoms with Crippen molar-refractivity contribution >= 4 is 18.3 Å². The van der Waals surface area contributed by atoms with Crippen LogP contribution in [0.1, 0.15) is 18.5 Å². The third-order valence-corrected chi connectivity index (χ3v) is 3.47. The number of rotatable bonds is 7. The van der Waals surface area contributed by atoms with Crippen LogP contribution < -0.4 is 15.8 Å². The Hall–Kier alpha value is -2.15. The number of hydrogen-bond acceptors (Lipinski definition) is 4. The predicted molar refractivity (Wildman–Crippen MR) is 96.6 cm³/mol. The van der Waals surface area contributed by atoms with Crippen LogP contribution in [-0.2, 0) is 9.53 Å². The standard InChI is InChI=1S/C18H21FN2O3.ClH/c1-12(21-18(22)16(20)11-23-2)13-8-9-17(15(19)10-13)24-14-6-4-3-5-7-14;/h3-10,12,16H,11,20H2,1-2H3,(H,21,22);1H. The highest BCUT2D eigenvalue weighted by atomic mass is 35.5. The van der Waals surface area contributed by atoms with Crippen LogP contribution in [0.4, 0.5) is 4.39 Å². The summed E-state index contributed by atoms with van der Waals surface area (Å²) >= 11 is 0. The Morgan fingerprint density at radius 3 is 2.52 bits per heavy atom. The highest BCUT2D eigenvalue weighted by molar-refractivity contribution is 5.85. The Morgan fingerprint density at radius 1 is 1.24 bits per heavy atom. The number of methoxy groups -OCH3 is 1. The summed E-state index contributed by atoms with van der Waals surface area (Å²) in [4.78, 5) is 11.9. The zero-order valence-electron chi connectivity index (χ0n) is 14.1. The average molecular weight is 369 g/mol. The highest BCUT2D eigenvalue weighted by Crippen LogP contribution is 2.26. The van der Waals surface area contributed by atoms with E-state index in [1.165, 1.54) is 19.2 Å². The molecule has 0 bridgehead atoms. The van der Waals surface area contributed by atoms with Crippen molar-refractivity contribution in [2.75, 3.05) is 13.7 Å². The molecule has 3 N–H and O–H groups in total. The highest BCUT2D eigenvalue weighted by Gasteiger charge is 2.17. The topological polar surface area (TPSA) is 73.6 Å². The number of amides is 1. The van der Waals surface area contributed by atoms with Gasteiger partial charge in [0.05, 0.1) is 12.6 Å². The first kappa shape index (κ1) is 20.9. The Morgan fingerprint density at radius 2 is 1.92 bits per heavy atom. The maximum Gasteiger partial charge on any atom is 0.239 e. The van der Waals surface area contributed by atoms with E-state index in [9.17, 15) is 9.18 Å². The summed E-state index contributed by atoms with van der Waals surface area (Å²) in [6, 6.07) is 12.4. The first-order valence-corrected chi connectivity index (χ1v) is 7.58. The summed E-state index contributed by atoms with van der Waals surface area (Å²) in [5.41, 5.74) is 6.28. The molecular formula is C18H22ClFN2O3. The van der Waals surface area contributed by atoms with Gasteiger partial charge in [0.1, 0.15) is 11.8 Å². The van der Waals surface area contributed by atoms with E-state index in [1.54, 1.807) is 25.1 Å². The van der Waals surface area contributed by atoms with E-state index in [4.69, 9.17) is 15.2 Å². The van der Waals surface area contributed by atoms with Gasteiger partial charge >= 0.3 is 0 Å². The normalized spacial score (nSPS) is 12.6. The molecule has 0 radical (unpaired) electrons. The van der Waals surface area contributed by atoms with Gasteiger partial charge < -0.3 is 20.5 Å². The smallest absolute Gasteiger partial charge is 0.239 e. The van der Waals surface area contributed by atoms with Crippen LogP contribution in [0, 0.1) is 5.82 Å². The Labute approximate surface area is 152 Å². The van der Waals surface area contributed by atoms with Crippen molar-refractivity contribution in [3.63, 3.8) is 0 Å². The fraction of sp³-hybridized carbons (Fsp3) is 0.278. The predicted octanol–water partition coefficient (Wildman–Crippen LogP) is 3.19. The number of carbonyl (C=O) groups excluding carboxylic acids is 1. The fourth-order valence-electron chi connectivity index (χ4n) is 2.14. The summed E-state index contributed by atoms with van der Waals surface area (Å²) < 4.78 is 24.6. The lowest BCUT2D eigenvalue weighted by atomic mass is 10.1. The van der Waals surface area contributed by atoms with E-state index in [1.807, 2.05) is 18.2 Å². The number of halogens is 2. The number of hydrogen-bond donors (Lipinski definition) is 2. The van der Waals surface area contributed by atoms with Gasteiger partial charge in [-0.1, -0.05) is 24.3 Å². The van der Waals surface area contributed by atoms with Crippen LogP contribution in [0.15, 0.2) is 48.5 Å². The number of nitrogens with two attached hydrogens (primary N) is 1. The minimum absolute atomic E-state index is 0. The molecule has 0 aromatic heterocycles. The van der Waals surface area contributed by atoms with E-state index in [0.29, 0.717) is 11.3 Å². The molecule has 7 heteroatoms. The zero-order chi connectivity index (χ0) is 17.5. The van der Waals surface area contributed by atoms with Gasteiger partial charge in [0, 0.05) is 7.11 Å². The molecule has 0 aliphatic heterocycles. The van der Waals surface area contributed by atoms with Crippen molar-refractivity contribution in [3.05, 3.63) is 59.9 Å². The Bertz CT molecular complexity index is 685. The molecule has 1 amide bonds. The maximum absolute atomic E-state index is 14.2. The van der Waals surface area contributed by atoms with Crippen molar-refractivity contribution in [3.8, 4) is 11.5 Å². The van der Waals surface area contributed by atoms with Gasteiger partial charge in [-0.25, -0.2) is 4.39 Å². The van der Waals surface area contributed by atoms with Crippen molar-refractivity contribution in [1.82, 2.24) is 5.32 Å². The number of benzene rings is 2. The second-order valence-electron chi connectivity index (χ2n) is 5.40. The van der Waals surface area contributed by atoms with Gasteiger partial charge in [-0.2, -0.15) is 0 Å². The molecule has 0 fully saturated rings. The summed E-state index contributed by atoms with van der Waals surface area (Å²) in [5.74, 6) is -0.177. The molecule has 0 aliphatic carbocycles. The first-order valence-electron chi connectivity index (χ1n) is 7.58. The van der Waals surface area contributed by atoms with Crippen molar-refractivity contribution in [2.24, 2.45) is 5.73 Å². The lowest BCUT2D eigenvalue weighted by Crippen LogP contribution is -2.44. The molecular weight excluding hydrogens is 347 g/mol. The molecule has 5 nitrogen and oxygen atoms in total. The van der Waals surface area contributed by atoms with Crippen LogP contribution in [0.5, 0.6) is 11.5 Å². The molecule has 0 heterocycles. The van der Waals surface area contributed by atoms with Crippen LogP contribution in [0.2, 0.25) is 0 Å². The molecule has 0 aliphatic rings. The summed E-state index contributed by atoms with van der Waals surface area (Å²) in [6.45, 7) is 1.88. The van der Waals surface area contributed by atoms with Crippen molar-refractivity contribution in [2.45, 2.75) is 19.0 Å². The molecule has 2 aromatic rings. The van der Waals surface area contributed by atoms with E-state index in [2.05, 4.69) is 5.32 Å². The first-order chi connectivity index (χ1) is 11.5. The van der Waals surface area contributed by atoms with Gasteiger partial charge in [-0.15, -0.1) is 12.4 Å². The number of ether oxygens (including phenoxy) is 2. The third-order valence-electron chi connectivity index (χ3n) is 3.47. The SMILES string of the molecule is COCC(N)C(=O)NC(C)c1ccc(Oc2ccccc2)c(F)c1.Cl. The number of para-hydroxylation sites is 1. The molecule has 2 aromatic carbocycles. The van der Waals surface area contributed by atoms with Crippen LogP contribution in [0.3, 0.4) is 0 Å². The van der Waals surface area contributed by atoms with E-state index in [0.717, 1.165) is 0 Å². The molecule has 2 rings (SSSR count). The summed E-state index contributed by atoms with van der Waals surface area (Å²) in [7, 11) is 1.47.